The van der Waals surface area contributed by atoms with Gasteiger partial charge in [-0.3, -0.25) is 9.59 Å². The number of nitrogens with zero attached hydrogens (tertiary/aromatic N) is 1. The second-order valence-electron chi connectivity index (χ2n) is 6.51. The molecule has 2 aromatic carbocycles. The molecule has 1 saturated heterocycles. The van der Waals surface area contributed by atoms with Crippen LogP contribution >= 0.6 is 0 Å². The van der Waals surface area contributed by atoms with E-state index in [9.17, 15) is 9.59 Å². The van der Waals surface area contributed by atoms with Gasteiger partial charge in [-0.2, -0.15) is 0 Å². The second-order valence-corrected chi connectivity index (χ2v) is 6.51. The maximum atomic E-state index is 12.7. The van der Waals surface area contributed by atoms with Gasteiger partial charge in [-0.1, -0.05) is 36.4 Å². The van der Waals surface area contributed by atoms with E-state index in [1.165, 1.54) is 0 Å². The lowest BCUT2D eigenvalue weighted by Crippen LogP contribution is -2.45. The molecule has 3 N–H and O–H groups in total. The minimum absolute atomic E-state index is 0.0667. The molecule has 0 saturated carbocycles. The number of anilines is 1. The molecule has 2 aromatic rings. The first-order chi connectivity index (χ1) is 12.5. The standard InChI is InChI=1S/C20H23N3O3/c1-20(21,16-7-3-2-4-8-16)19(25)22-17-9-5-6-15(14-17)18(24)23-10-12-26-13-11-23/h2-9,14H,10-13,21H2,1H3,(H,22,25). The van der Waals surface area contributed by atoms with Crippen molar-refractivity contribution in [3.05, 3.63) is 65.7 Å². The van der Waals surface area contributed by atoms with Gasteiger partial charge in [-0.15, -0.1) is 0 Å². The van der Waals surface area contributed by atoms with Gasteiger partial charge in [0.15, 0.2) is 0 Å². The van der Waals surface area contributed by atoms with E-state index >= 15 is 0 Å². The molecule has 136 valence electrons. The van der Waals surface area contributed by atoms with Gasteiger partial charge in [0, 0.05) is 24.3 Å². The Labute approximate surface area is 152 Å². The van der Waals surface area contributed by atoms with E-state index in [0.29, 0.717) is 37.6 Å². The third-order valence-corrected chi connectivity index (χ3v) is 4.51. The molecule has 0 aliphatic carbocycles. The number of amides is 2. The molecule has 0 bridgehead atoms. The molecular weight excluding hydrogens is 330 g/mol. The molecule has 1 fully saturated rings. The lowest BCUT2D eigenvalue weighted by Gasteiger charge is -2.27. The fourth-order valence-electron chi connectivity index (χ4n) is 2.86. The third kappa shape index (κ3) is 3.92. The summed E-state index contributed by atoms with van der Waals surface area (Å²) in [6, 6.07) is 16.1. The van der Waals surface area contributed by atoms with Gasteiger partial charge in [0.05, 0.1) is 13.2 Å². The van der Waals surface area contributed by atoms with Crippen molar-refractivity contribution in [1.29, 1.82) is 0 Å². The zero-order valence-electron chi connectivity index (χ0n) is 14.8. The first-order valence-corrected chi connectivity index (χ1v) is 8.61. The van der Waals surface area contributed by atoms with E-state index in [1.54, 1.807) is 36.1 Å². The molecule has 0 radical (unpaired) electrons. The van der Waals surface area contributed by atoms with Crippen LogP contribution in [0, 0.1) is 0 Å². The van der Waals surface area contributed by atoms with Crippen LogP contribution in [0.5, 0.6) is 0 Å². The number of benzene rings is 2. The molecule has 6 heteroatoms. The Morgan fingerprint density at radius 2 is 1.77 bits per heavy atom. The van der Waals surface area contributed by atoms with Crippen molar-refractivity contribution >= 4 is 17.5 Å². The van der Waals surface area contributed by atoms with E-state index in [2.05, 4.69) is 5.32 Å². The zero-order valence-corrected chi connectivity index (χ0v) is 14.8. The highest BCUT2D eigenvalue weighted by Gasteiger charge is 2.30. The fraction of sp³-hybridized carbons (Fsp3) is 0.300. The molecule has 1 aliphatic rings. The van der Waals surface area contributed by atoms with Crippen LogP contribution in [0.3, 0.4) is 0 Å². The number of hydrogen-bond donors (Lipinski definition) is 2. The van der Waals surface area contributed by atoms with Crippen LogP contribution in [0.1, 0.15) is 22.8 Å². The van der Waals surface area contributed by atoms with Crippen LogP contribution in [-0.2, 0) is 15.1 Å². The molecule has 1 unspecified atom stereocenters. The first kappa shape index (κ1) is 18.1. The fourth-order valence-corrected chi connectivity index (χ4v) is 2.86. The lowest BCUT2D eigenvalue weighted by atomic mass is 9.92. The smallest absolute Gasteiger partial charge is 0.254 e. The average molecular weight is 353 g/mol. The average Bonchev–Trinajstić information content (AvgIpc) is 2.69. The van der Waals surface area contributed by atoms with Crippen LogP contribution < -0.4 is 11.1 Å². The van der Waals surface area contributed by atoms with Crippen molar-refractivity contribution in [2.45, 2.75) is 12.5 Å². The van der Waals surface area contributed by atoms with Crippen molar-refractivity contribution in [2.75, 3.05) is 31.6 Å². The van der Waals surface area contributed by atoms with E-state index in [1.807, 2.05) is 30.3 Å². The Morgan fingerprint density at radius 3 is 2.46 bits per heavy atom. The number of nitrogens with two attached hydrogens (primary N) is 1. The van der Waals surface area contributed by atoms with Crippen LogP contribution in [0.2, 0.25) is 0 Å². The zero-order chi connectivity index (χ0) is 18.6. The molecule has 0 aromatic heterocycles. The summed E-state index contributed by atoms with van der Waals surface area (Å²) in [6.45, 7) is 3.91. The van der Waals surface area contributed by atoms with Gasteiger partial charge >= 0.3 is 0 Å². The number of rotatable bonds is 4. The molecular formula is C20H23N3O3. The number of carbonyl (C=O) groups is 2. The summed E-state index contributed by atoms with van der Waals surface area (Å²) in [5.41, 5.74) is 6.86. The molecule has 1 aliphatic heterocycles. The third-order valence-electron chi connectivity index (χ3n) is 4.51. The second kappa shape index (κ2) is 7.68. The number of carbonyl (C=O) groups excluding carboxylic acids is 2. The van der Waals surface area contributed by atoms with E-state index < -0.39 is 5.54 Å². The van der Waals surface area contributed by atoms with Crippen LogP contribution in [0.4, 0.5) is 5.69 Å². The van der Waals surface area contributed by atoms with Gasteiger partial charge in [-0.05, 0) is 30.7 Å². The van der Waals surface area contributed by atoms with Crippen molar-refractivity contribution in [3.63, 3.8) is 0 Å². The monoisotopic (exact) mass is 353 g/mol. The van der Waals surface area contributed by atoms with Crippen molar-refractivity contribution in [1.82, 2.24) is 4.90 Å². The maximum absolute atomic E-state index is 12.7. The molecule has 3 rings (SSSR count). The molecule has 6 nitrogen and oxygen atoms in total. The molecule has 26 heavy (non-hydrogen) atoms. The Balaban J connectivity index is 1.74. The SMILES string of the molecule is CC(N)(C(=O)Nc1cccc(C(=O)N2CCOCC2)c1)c1ccccc1. The quantitative estimate of drug-likeness (QED) is 0.880. The molecule has 2 amide bonds. The van der Waals surface area contributed by atoms with Gasteiger partial charge < -0.3 is 20.7 Å². The summed E-state index contributed by atoms with van der Waals surface area (Å²) in [6.07, 6.45) is 0. The summed E-state index contributed by atoms with van der Waals surface area (Å²) in [4.78, 5) is 27.0. The Kier molecular flexibility index (Phi) is 5.35. The minimum atomic E-state index is -1.18. The first-order valence-electron chi connectivity index (χ1n) is 8.61. The van der Waals surface area contributed by atoms with Gasteiger partial charge in [0.2, 0.25) is 5.91 Å². The number of hydrogen-bond acceptors (Lipinski definition) is 4. The van der Waals surface area contributed by atoms with Crippen molar-refractivity contribution in [3.8, 4) is 0 Å². The number of morpholine rings is 1. The number of ether oxygens (including phenoxy) is 1. The molecule has 1 atom stereocenters. The predicted molar refractivity (Wildman–Crippen MR) is 99.8 cm³/mol. The molecule has 1 heterocycles. The summed E-state index contributed by atoms with van der Waals surface area (Å²) < 4.78 is 5.28. The van der Waals surface area contributed by atoms with Gasteiger partial charge in [0.25, 0.3) is 5.91 Å². The van der Waals surface area contributed by atoms with Gasteiger partial charge in [-0.25, -0.2) is 0 Å². The normalized spacial score (nSPS) is 16.6. The van der Waals surface area contributed by atoms with E-state index in [0.717, 1.165) is 5.56 Å². The Morgan fingerprint density at radius 1 is 1.08 bits per heavy atom. The Hall–Kier alpha value is -2.70. The highest BCUT2D eigenvalue weighted by atomic mass is 16.5. The topological polar surface area (TPSA) is 84.7 Å². The number of nitrogens with one attached hydrogen (secondary N) is 1. The van der Waals surface area contributed by atoms with Crippen LogP contribution in [0.15, 0.2) is 54.6 Å². The highest BCUT2D eigenvalue weighted by molar-refractivity contribution is 6.00. The van der Waals surface area contributed by atoms with E-state index in [4.69, 9.17) is 10.5 Å². The summed E-state index contributed by atoms with van der Waals surface area (Å²) >= 11 is 0. The minimum Gasteiger partial charge on any atom is -0.378 e. The van der Waals surface area contributed by atoms with E-state index in [-0.39, 0.29) is 11.8 Å². The largest absolute Gasteiger partial charge is 0.378 e. The maximum Gasteiger partial charge on any atom is 0.254 e. The summed E-state index contributed by atoms with van der Waals surface area (Å²) in [5, 5.41) is 2.82. The lowest BCUT2D eigenvalue weighted by molar-refractivity contribution is -0.120. The molecule has 0 spiro atoms. The summed E-state index contributed by atoms with van der Waals surface area (Å²) in [5.74, 6) is -0.400. The van der Waals surface area contributed by atoms with Crippen molar-refractivity contribution in [2.24, 2.45) is 5.73 Å². The van der Waals surface area contributed by atoms with Gasteiger partial charge in [0.1, 0.15) is 5.54 Å². The van der Waals surface area contributed by atoms with Crippen LogP contribution in [0.25, 0.3) is 0 Å². The van der Waals surface area contributed by atoms with Crippen molar-refractivity contribution < 1.29 is 14.3 Å². The van der Waals surface area contributed by atoms with Crippen LogP contribution in [-0.4, -0.2) is 43.0 Å². The predicted octanol–water partition coefficient (Wildman–Crippen LogP) is 1.97. The Bertz CT molecular complexity index is 784. The summed E-state index contributed by atoms with van der Waals surface area (Å²) in [7, 11) is 0. The highest BCUT2D eigenvalue weighted by Crippen LogP contribution is 2.21.